The van der Waals surface area contributed by atoms with Crippen molar-refractivity contribution in [3.63, 3.8) is 0 Å². The Morgan fingerprint density at radius 1 is 1.15 bits per heavy atom. The number of hydrogen-bond donors (Lipinski definition) is 0. The normalized spacial score (nSPS) is 13.8. The van der Waals surface area contributed by atoms with Crippen molar-refractivity contribution in [1.29, 1.82) is 0 Å². The number of hydrogen-bond acceptors (Lipinski definition) is 2. The zero-order valence-corrected chi connectivity index (χ0v) is 12.2. The number of anilines is 1. The van der Waals surface area contributed by atoms with Gasteiger partial charge in [0.05, 0.1) is 11.3 Å². The van der Waals surface area contributed by atoms with Crippen molar-refractivity contribution in [2.75, 3.05) is 11.4 Å². The smallest absolute Gasteiger partial charge is 0.299 e. The van der Waals surface area contributed by atoms with Crippen LogP contribution in [-0.2, 0) is 4.79 Å². The summed E-state index contributed by atoms with van der Waals surface area (Å²) >= 11 is 0. The highest BCUT2D eigenvalue weighted by atomic mass is 16.2. The molecule has 0 unspecified atom stereocenters. The van der Waals surface area contributed by atoms with E-state index in [-0.39, 0.29) is 11.7 Å². The predicted molar refractivity (Wildman–Crippen MR) is 81.3 cm³/mol. The molecule has 2 rings (SSSR count). The Balaban J connectivity index is 2.15. The van der Waals surface area contributed by atoms with E-state index in [9.17, 15) is 9.59 Å². The molecule has 1 aliphatic heterocycles. The predicted octanol–water partition coefficient (Wildman–Crippen LogP) is 3.58. The van der Waals surface area contributed by atoms with Crippen LogP contribution in [0.5, 0.6) is 0 Å². The summed E-state index contributed by atoms with van der Waals surface area (Å²) in [6.45, 7) is 8.31. The lowest BCUT2D eigenvalue weighted by atomic mass is 10.0. The maximum absolute atomic E-state index is 12.1. The van der Waals surface area contributed by atoms with Gasteiger partial charge in [-0.3, -0.25) is 9.59 Å². The molecule has 0 radical (unpaired) electrons. The minimum atomic E-state index is -0.377. The molecule has 0 aromatic heterocycles. The number of amides is 1. The fourth-order valence-electron chi connectivity index (χ4n) is 2.62. The number of benzene rings is 1. The molecule has 0 bridgehead atoms. The van der Waals surface area contributed by atoms with Crippen LogP contribution in [0.2, 0.25) is 0 Å². The number of allylic oxidation sites excluding steroid dienone is 1. The van der Waals surface area contributed by atoms with Gasteiger partial charge in [-0.15, -0.1) is 6.58 Å². The topological polar surface area (TPSA) is 37.4 Å². The lowest BCUT2D eigenvalue weighted by Gasteiger charge is -2.19. The molecule has 0 N–H and O–H groups in total. The zero-order valence-electron chi connectivity index (χ0n) is 12.2. The second kappa shape index (κ2) is 6.04. The van der Waals surface area contributed by atoms with E-state index in [4.69, 9.17) is 0 Å². The molecule has 0 saturated carbocycles. The minimum Gasteiger partial charge on any atom is -0.304 e. The molecule has 0 spiro atoms. The summed E-state index contributed by atoms with van der Waals surface area (Å²) in [4.78, 5) is 25.8. The van der Waals surface area contributed by atoms with E-state index in [1.807, 2.05) is 26.0 Å². The Hall–Kier alpha value is -1.90. The van der Waals surface area contributed by atoms with E-state index in [2.05, 4.69) is 6.58 Å². The monoisotopic (exact) mass is 271 g/mol. The third-order valence-corrected chi connectivity index (χ3v) is 3.95. The highest BCUT2D eigenvalue weighted by Gasteiger charge is 2.36. The number of fused-ring (bicyclic) bond motifs is 1. The molecular formula is C17H21NO2. The van der Waals surface area contributed by atoms with Gasteiger partial charge in [0.1, 0.15) is 0 Å². The Morgan fingerprint density at radius 2 is 1.90 bits per heavy atom. The summed E-state index contributed by atoms with van der Waals surface area (Å²) in [5.74, 6) is -0.744. The van der Waals surface area contributed by atoms with Crippen molar-refractivity contribution >= 4 is 17.4 Å². The van der Waals surface area contributed by atoms with Gasteiger partial charge < -0.3 is 4.90 Å². The average molecular weight is 271 g/mol. The van der Waals surface area contributed by atoms with Crippen molar-refractivity contribution in [2.24, 2.45) is 0 Å². The molecule has 3 nitrogen and oxygen atoms in total. The fourth-order valence-corrected chi connectivity index (χ4v) is 2.62. The summed E-state index contributed by atoms with van der Waals surface area (Å²) in [6.07, 6.45) is 5.96. The first-order valence-electron chi connectivity index (χ1n) is 7.15. The lowest BCUT2D eigenvalue weighted by molar-refractivity contribution is -0.114. The highest BCUT2D eigenvalue weighted by Crippen LogP contribution is 2.34. The SMILES string of the molecule is C=CCCCCCN1C(=O)C(=O)c2ccc(C)c(C)c21. The van der Waals surface area contributed by atoms with Crippen LogP contribution in [0.15, 0.2) is 24.8 Å². The van der Waals surface area contributed by atoms with Gasteiger partial charge in [-0.1, -0.05) is 18.6 Å². The Bertz CT molecular complexity index is 560. The Morgan fingerprint density at radius 3 is 2.60 bits per heavy atom. The summed E-state index contributed by atoms with van der Waals surface area (Å²) < 4.78 is 0. The summed E-state index contributed by atoms with van der Waals surface area (Å²) in [7, 11) is 0. The van der Waals surface area contributed by atoms with Gasteiger partial charge in [-0.05, 0) is 50.3 Å². The summed E-state index contributed by atoms with van der Waals surface area (Å²) in [5.41, 5.74) is 3.53. The van der Waals surface area contributed by atoms with Crippen molar-refractivity contribution in [3.8, 4) is 0 Å². The van der Waals surface area contributed by atoms with Gasteiger partial charge in [-0.25, -0.2) is 0 Å². The number of Topliss-reactive ketones (excluding diaryl/α,β-unsaturated/α-hetero) is 1. The number of ketones is 1. The van der Waals surface area contributed by atoms with Crippen molar-refractivity contribution < 1.29 is 9.59 Å². The number of aryl methyl sites for hydroxylation is 1. The quantitative estimate of drug-likeness (QED) is 0.450. The first-order valence-corrected chi connectivity index (χ1v) is 7.15. The molecule has 3 heteroatoms. The largest absolute Gasteiger partial charge is 0.304 e. The second-order valence-electron chi connectivity index (χ2n) is 5.33. The van der Waals surface area contributed by atoms with E-state index in [0.717, 1.165) is 42.5 Å². The van der Waals surface area contributed by atoms with E-state index in [1.54, 1.807) is 11.0 Å². The minimum absolute atomic E-state index is 0.366. The van der Waals surface area contributed by atoms with E-state index in [0.29, 0.717) is 12.1 Å². The highest BCUT2D eigenvalue weighted by molar-refractivity contribution is 6.52. The van der Waals surface area contributed by atoms with Crippen LogP contribution in [-0.4, -0.2) is 18.2 Å². The van der Waals surface area contributed by atoms with Crippen LogP contribution >= 0.6 is 0 Å². The van der Waals surface area contributed by atoms with Gasteiger partial charge >= 0.3 is 0 Å². The molecule has 1 heterocycles. The molecule has 1 aromatic carbocycles. The number of nitrogens with zero attached hydrogens (tertiary/aromatic N) is 1. The van der Waals surface area contributed by atoms with Crippen molar-refractivity contribution in [3.05, 3.63) is 41.5 Å². The van der Waals surface area contributed by atoms with Gasteiger partial charge in [0.15, 0.2) is 0 Å². The van der Waals surface area contributed by atoms with Gasteiger partial charge in [0.2, 0.25) is 0 Å². The third kappa shape index (κ3) is 2.53. The third-order valence-electron chi connectivity index (χ3n) is 3.95. The van der Waals surface area contributed by atoms with E-state index >= 15 is 0 Å². The van der Waals surface area contributed by atoms with Crippen LogP contribution in [0.1, 0.15) is 47.2 Å². The standard InChI is InChI=1S/C17H21NO2/c1-4-5-6-7-8-11-18-15-13(3)12(2)9-10-14(15)16(19)17(18)20/h4,9-10H,1,5-8,11H2,2-3H3. The molecule has 0 aliphatic carbocycles. The fraction of sp³-hybridized carbons (Fsp3) is 0.412. The molecule has 20 heavy (non-hydrogen) atoms. The first kappa shape index (κ1) is 14.5. The molecule has 0 saturated heterocycles. The van der Waals surface area contributed by atoms with Crippen LogP contribution in [0.25, 0.3) is 0 Å². The zero-order chi connectivity index (χ0) is 14.7. The molecule has 0 atom stereocenters. The lowest BCUT2D eigenvalue weighted by Crippen LogP contribution is -2.31. The number of carbonyl (C=O) groups excluding carboxylic acids is 2. The van der Waals surface area contributed by atoms with Gasteiger partial charge in [0.25, 0.3) is 11.7 Å². The molecule has 1 aromatic rings. The van der Waals surface area contributed by atoms with Gasteiger partial charge in [0, 0.05) is 6.54 Å². The molecular weight excluding hydrogens is 250 g/mol. The van der Waals surface area contributed by atoms with Crippen molar-refractivity contribution in [1.82, 2.24) is 0 Å². The Kier molecular flexibility index (Phi) is 4.38. The van der Waals surface area contributed by atoms with Crippen LogP contribution < -0.4 is 4.90 Å². The van der Waals surface area contributed by atoms with Crippen LogP contribution in [0.4, 0.5) is 5.69 Å². The average Bonchev–Trinajstić information content (AvgIpc) is 2.68. The summed E-state index contributed by atoms with van der Waals surface area (Å²) in [5, 5.41) is 0. The van der Waals surface area contributed by atoms with E-state index < -0.39 is 0 Å². The van der Waals surface area contributed by atoms with Gasteiger partial charge in [-0.2, -0.15) is 0 Å². The van der Waals surface area contributed by atoms with Crippen molar-refractivity contribution in [2.45, 2.75) is 39.5 Å². The summed E-state index contributed by atoms with van der Waals surface area (Å²) in [6, 6.07) is 3.68. The maximum atomic E-state index is 12.1. The first-order chi connectivity index (χ1) is 9.57. The molecule has 0 fully saturated rings. The van der Waals surface area contributed by atoms with Crippen LogP contribution in [0, 0.1) is 13.8 Å². The van der Waals surface area contributed by atoms with E-state index in [1.165, 1.54) is 0 Å². The Labute approximate surface area is 120 Å². The van der Waals surface area contributed by atoms with Crippen LogP contribution in [0.3, 0.4) is 0 Å². The maximum Gasteiger partial charge on any atom is 0.299 e. The molecule has 106 valence electrons. The molecule has 1 aliphatic rings. The number of rotatable bonds is 6. The molecule has 1 amide bonds. The second-order valence-corrected chi connectivity index (χ2v) is 5.33. The number of carbonyl (C=O) groups is 2. The number of unbranched alkanes of at least 4 members (excludes halogenated alkanes) is 3.